The lowest BCUT2D eigenvalue weighted by atomic mass is 10.0. The first kappa shape index (κ1) is 20.8. The van der Waals surface area contributed by atoms with Crippen molar-refractivity contribution < 1.29 is 0 Å². The van der Waals surface area contributed by atoms with Gasteiger partial charge in [-0.05, 0) is 36.4 Å². The number of aryl methyl sites for hydroxylation is 1. The minimum absolute atomic E-state index is 1.12. The zero-order valence-corrected chi connectivity index (χ0v) is 16.8. The van der Waals surface area contributed by atoms with E-state index in [9.17, 15) is 0 Å². The molecule has 3 heteroatoms. The summed E-state index contributed by atoms with van der Waals surface area (Å²) in [5.74, 6) is 0. The van der Waals surface area contributed by atoms with E-state index < -0.39 is 7.42 Å². The lowest BCUT2D eigenvalue weighted by Crippen LogP contribution is -2.22. The van der Waals surface area contributed by atoms with Crippen LogP contribution in [0, 0.1) is 0 Å². The van der Waals surface area contributed by atoms with E-state index in [1.807, 2.05) is 12.1 Å². The molecule has 1 radical (unpaired) electrons. The molecule has 0 spiro atoms. The van der Waals surface area contributed by atoms with Crippen molar-refractivity contribution in [3.8, 4) is 0 Å². The Hall–Kier alpha value is -0.243. The molecule has 0 heterocycles. The summed E-state index contributed by atoms with van der Waals surface area (Å²) in [6.45, 7) is 3.76. The Kier molecular flexibility index (Phi) is 12.8. The van der Waals surface area contributed by atoms with Gasteiger partial charge in [0.15, 0.2) is 0 Å². The molecule has 0 fully saturated rings. The van der Waals surface area contributed by atoms with Crippen LogP contribution in [0.4, 0.5) is 0 Å². The predicted molar refractivity (Wildman–Crippen MR) is 108 cm³/mol. The lowest BCUT2D eigenvalue weighted by molar-refractivity contribution is 0.552. The largest absolute Gasteiger partial charge is 0.307 e. The van der Waals surface area contributed by atoms with E-state index in [1.165, 1.54) is 81.4 Å². The molecule has 23 heavy (non-hydrogen) atoms. The summed E-state index contributed by atoms with van der Waals surface area (Å²) in [7, 11) is -1.37. The Balaban J connectivity index is 1.97. The molecule has 0 unspecified atom stereocenters. The van der Waals surface area contributed by atoms with Crippen LogP contribution in [-0.4, -0.2) is 7.42 Å². The molecule has 129 valence electrons. The predicted octanol–water partition coefficient (Wildman–Crippen LogP) is 6.88. The maximum Gasteiger partial charge on any atom is 0.307 e. The number of rotatable bonds is 14. The monoisotopic (exact) mass is 369 g/mol. The van der Waals surface area contributed by atoms with Crippen molar-refractivity contribution in [3.05, 3.63) is 42.5 Å². The van der Waals surface area contributed by atoms with E-state index >= 15 is 0 Å². The van der Waals surface area contributed by atoms with Crippen molar-refractivity contribution in [2.24, 2.45) is 0 Å². The molecule has 1 aromatic carbocycles. The molecule has 0 aliphatic heterocycles. The van der Waals surface area contributed by atoms with E-state index in [0.717, 1.165) is 6.42 Å². The second kappa shape index (κ2) is 14.1. The first-order valence-electron chi connectivity index (χ1n) is 9.13. The Labute approximate surface area is 154 Å². The molecule has 0 saturated heterocycles. The average Bonchev–Trinajstić information content (AvgIpc) is 2.56. The van der Waals surface area contributed by atoms with Gasteiger partial charge in [-0.25, -0.2) is 0 Å². The van der Waals surface area contributed by atoms with Crippen molar-refractivity contribution in [3.63, 3.8) is 0 Å². The van der Waals surface area contributed by atoms with Gasteiger partial charge in [0.25, 0.3) is 0 Å². The van der Waals surface area contributed by atoms with Crippen LogP contribution in [0.5, 0.6) is 0 Å². The fourth-order valence-electron chi connectivity index (χ4n) is 2.94. The van der Waals surface area contributed by atoms with Gasteiger partial charge in [-0.15, -0.1) is 28.7 Å². The number of halogens is 2. The quantitative estimate of drug-likeness (QED) is 0.145. The molecular weight excluding hydrogens is 339 g/mol. The van der Waals surface area contributed by atoms with Crippen LogP contribution in [0.2, 0.25) is 0 Å². The summed E-state index contributed by atoms with van der Waals surface area (Å²) in [6.07, 6.45) is 17.9. The van der Waals surface area contributed by atoms with Crippen LogP contribution < -0.4 is 5.19 Å². The third-order valence-electron chi connectivity index (χ3n) is 4.33. The third-order valence-corrected chi connectivity index (χ3v) is 6.44. The van der Waals surface area contributed by atoms with Crippen LogP contribution in [-0.2, 0) is 6.42 Å². The Morgan fingerprint density at radius 3 is 1.87 bits per heavy atom. The summed E-state index contributed by atoms with van der Waals surface area (Å²) in [5.41, 5.74) is 1.35. The zero-order chi connectivity index (χ0) is 16.8. The second-order valence-electron chi connectivity index (χ2n) is 6.28. The molecule has 0 atom stereocenters. The van der Waals surface area contributed by atoms with Gasteiger partial charge in [-0.3, -0.25) is 0 Å². The molecule has 1 rings (SSSR count). The number of benzene rings is 1. The minimum atomic E-state index is -1.37. The van der Waals surface area contributed by atoms with Gasteiger partial charge >= 0.3 is 7.42 Å². The van der Waals surface area contributed by atoms with E-state index in [4.69, 9.17) is 22.2 Å². The molecule has 0 bridgehead atoms. The molecule has 0 N–H and O–H groups in total. The first-order valence-corrected chi connectivity index (χ1v) is 12.6. The normalized spacial score (nSPS) is 11.1. The van der Waals surface area contributed by atoms with Crippen molar-refractivity contribution in [1.29, 1.82) is 0 Å². The molecule has 0 aromatic heterocycles. The van der Waals surface area contributed by atoms with Gasteiger partial charge < -0.3 is 0 Å². The van der Waals surface area contributed by atoms with Gasteiger partial charge in [0.2, 0.25) is 0 Å². The highest BCUT2D eigenvalue weighted by molar-refractivity contribution is 7.39. The van der Waals surface area contributed by atoms with Crippen molar-refractivity contribution in [1.82, 2.24) is 0 Å². The number of hydrogen-bond donors (Lipinski definition) is 0. The Morgan fingerprint density at radius 2 is 1.30 bits per heavy atom. The van der Waals surface area contributed by atoms with Crippen LogP contribution in [0.3, 0.4) is 0 Å². The van der Waals surface area contributed by atoms with E-state index in [0.29, 0.717) is 0 Å². The molecular formula is C20H31Cl2Si. The van der Waals surface area contributed by atoms with Gasteiger partial charge in [0, 0.05) is 0 Å². The van der Waals surface area contributed by atoms with Crippen LogP contribution in [0.15, 0.2) is 36.9 Å². The molecule has 0 saturated carbocycles. The fourth-order valence-corrected chi connectivity index (χ4v) is 4.72. The van der Waals surface area contributed by atoms with Gasteiger partial charge in [0.05, 0.1) is 0 Å². The topological polar surface area (TPSA) is 0 Å². The van der Waals surface area contributed by atoms with E-state index in [2.05, 4.69) is 24.8 Å². The van der Waals surface area contributed by atoms with Gasteiger partial charge in [-0.1, -0.05) is 81.7 Å². The maximum atomic E-state index is 6.12. The number of allylic oxidation sites excluding steroid dienone is 1. The standard InChI is InChI=1S/C20H31Cl2Si/c1-2-3-4-5-6-7-8-9-10-11-12-13-16-19-17-14-15-18-20(19)23(21)22/h2,14-15,17-18H,1,3-13,16H2. The smallest absolute Gasteiger partial charge is 0.140 e. The fraction of sp³-hybridized carbons (Fsp3) is 0.600. The van der Waals surface area contributed by atoms with Crippen LogP contribution in [0.25, 0.3) is 0 Å². The highest BCUT2D eigenvalue weighted by Crippen LogP contribution is 2.13. The molecule has 0 nitrogen and oxygen atoms in total. The molecule has 0 amide bonds. The number of unbranched alkanes of at least 4 members (excludes halogenated alkanes) is 10. The lowest BCUT2D eigenvalue weighted by Gasteiger charge is -2.08. The summed E-state index contributed by atoms with van der Waals surface area (Å²) in [5, 5.41) is 1.18. The second-order valence-corrected chi connectivity index (χ2v) is 10.2. The summed E-state index contributed by atoms with van der Waals surface area (Å²) in [4.78, 5) is 0. The highest BCUT2D eigenvalue weighted by Gasteiger charge is 2.11. The first-order chi connectivity index (χ1) is 11.3. The van der Waals surface area contributed by atoms with Crippen molar-refractivity contribution >= 4 is 34.8 Å². The van der Waals surface area contributed by atoms with E-state index in [1.54, 1.807) is 0 Å². The Morgan fingerprint density at radius 1 is 0.783 bits per heavy atom. The van der Waals surface area contributed by atoms with Crippen molar-refractivity contribution in [2.75, 3.05) is 0 Å². The van der Waals surface area contributed by atoms with E-state index in [-0.39, 0.29) is 0 Å². The molecule has 1 aromatic rings. The molecule has 0 aliphatic rings. The van der Waals surface area contributed by atoms with Crippen LogP contribution in [0.1, 0.15) is 76.2 Å². The summed E-state index contributed by atoms with van der Waals surface area (Å²) < 4.78 is 0. The van der Waals surface area contributed by atoms with Crippen LogP contribution >= 0.6 is 22.2 Å². The third kappa shape index (κ3) is 10.3. The van der Waals surface area contributed by atoms with Gasteiger partial charge in [-0.2, -0.15) is 0 Å². The summed E-state index contributed by atoms with van der Waals surface area (Å²) in [6, 6.07) is 8.38. The average molecular weight is 370 g/mol. The van der Waals surface area contributed by atoms with Crippen molar-refractivity contribution in [2.45, 2.75) is 77.0 Å². The summed E-state index contributed by atoms with van der Waals surface area (Å²) >= 11 is 12.2. The zero-order valence-electron chi connectivity index (χ0n) is 14.3. The highest BCUT2D eigenvalue weighted by atomic mass is 35.7. The SMILES string of the molecule is C=CCCCCCCCCCCCCc1ccccc1[Si](Cl)Cl. The molecule has 0 aliphatic carbocycles. The maximum absolute atomic E-state index is 6.12. The number of hydrogen-bond acceptors (Lipinski definition) is 0. The minimum Gasteiger partial charge on any atom is -0.140 e. The Bertz CT molecular complexity index is 418. The van der Waals surface area contributed by atoms with Gasteiger partial charge in [0.1, 0.15) is 0 Å².